The second kappa shape index (κ2) is 6.00. The van der Waals surface area contributed by atoms with E-state index in [1.54, 1.807) is 16.9 Å². The van der Waals surface area contributed by atoms with Crippen molar-refractivity contribution in [3.8, 4) is 5.82 Å². The van der Waals surface area contributed by atoms with Crippen LogP contribution in [-0.4, -0.2) is 25.5 Å². The van der Waals surface area contributed by atoms with E-state index in [0.29, 0.717) is 17.2 Å². The van der Waals surface area contributed by atoms with Gasteiger partial charge in [0.25, 0.3) is 0 Å². The van der Waals surface area contributed by atoms with E-state index in [2.05, 4.69) is 20.4 Å². The number of carbonyl (C=O) groups is 1. The van der Waals surface area contributed by atoms with E-state index in [9.17, 15) is 4.79 Å². The van der Waals surface area contributed by atoms with E-state index >= 15 is 0 Å². The van der Waals surface area contributed by atoms with Crippen LogP contribution < -0.4 is 5.32 Å². The van der Waals surface area contributed by atoms with Crippen molar-refractivity contribution in [3.63, 3.8) is 0 Å². The van der Waals surface area contributed by atoms with Gasteiger partial charge in [-0.25, -0.2) is 14.6 Å². The first-order chi connectivity index (χ1) is 11.0. The average Bonchev–Trinajstić information content (AvgIpc) is 2.92. The SMILES string of the molecule is CC(=O)c1cnn(-c2cc(Nc3ccc(C)cc3)ncn2)c1C. The number of aryl methyl sites for hydroxylation is 1. The van der Waals surface area contributed by atoms with Gasteiger partial charge < -0.3 is 5.32 Å². The molecule has 0 atom stereocenters. The van der Waals surface area contributed by atoms with Crippen LogP contribution in [0.2, 0.25) is 0 Å². The second-order valence-corrected chi connectivity index (χ2v) is 5.36. The third-order valence-corrected chi connectivity index (χ3v) is 3.58. The number of hydrogen-bond acceptors (Lipinski definition) is 5. The molecule has 1 N–H and O–H groups in total. The van der Waals surface area contributed by atoms with Crippen LogP contribution in [0.4, 0.5) is 11.5 Å². The van der Waals surface area contributed by atoms with Crippen molar-refractivity contribution in [2.75, 3.05) is 5.32 Å². The molecule has 3 rings (SSSR count). The summed E-state index contributed by atoms with van der Waals surface area (Å²) in [4.78, 5) is 20.0. The molecule has 2 heterocycles. The van der Waals surface area contributed by atoms with Gasteiger partial charge in [0.2, 0.25) is 0 Å². The molecule has 6 heteroatoms. The van der Waals surface area contributed by atoms with Gasteiger partial charge in [-0.1, -0.05) is 17.7 Å². The fourth-order valence-electron chi connectivity index (χ4n) is 2.30. The Balaban J connectivity index is 1.91. The predicted octanol–water partition coefficient (Wildman–Crippen LogP) is 3.23. The Bertz CT molecular complexity index is 852. The van der Waals surface area contributed by atoms with Gasteiger partial charge in [0.15, 0.2) is 11.6 Å². The number of hydrogen-bond donors (Lipinski definition) is 1. The summed E-state index contributed by atoms with van der Waals surface area (Å²) in [5.41, 5.74) is 3.50. The van der Waals surface area contributed by atoms with E-state index in [1.807, 2.05) is 38.1 Å². The molecule has 0 saturated heterocycles. The summed E-state index contributed by atoms with van der Waals surface area (Å²) in [6.07, 6.45) is 3.03. The molecule has 0 amide bonds. The molecule has 0 aliphatic heterocycles. The van der Waals surface area contributed by atoms with Crippen molar-refractivity contribution in [1.82, 2.24) is 19.7 Å². The van der Waals surface area contributed by atoms with Crippen LogP contribution in [0.3, 0.4) is 0 Å². The van der Waals surface area contributed by atoms with Crippen molar-refractivity contribution in [3.05, 3.63) is 59.7 Å². The molecule has 0 saturated carbocycles. The summed E-state index contributed by atoms with van der Waals surface area (Å²) in [7, 11) is 0. The van der Waals surface area contributed by atoms with E-state index in [0.717, 1.165) is 11.4 Å². The Hall–Kier alpha value is -3.02. The van der Waals surface area contributed by atoms with Crippen LogP contribution in [-0.2, 0) is 0 Å². The largest absolute Gasteiger partial charge is 0.340 e. The molecule has 23 heavy (non-hydrogen) atoms. The third kappa shape index (κ3) is 3.11. The molecule has 3 aromatic rings. The van der Waals surface area contributed by atoms with Crippen LogP contribution in [0.1, 0.15) is 28.5 Å². The van der Waals surface area contributed by atoms with Crippen LogP contribution in [0.25, 0.3) is 5.82 Å². The monoisotopic (exact) mass is 307 g/mol. The predicted molar refractivity (Wildman–Crippen MR) is 88.4 cm³/mol. The topological polar surface area (TPSA) is 72.7 Å². The molecular weight excluding hydrogens is 290 g/mol. The lowest BCUT2D eigenvalue weighted by Gasteiger charge is -2.08. The smallest absolute Gasteiger partial charge is 0.163 e. The first kappa shape index (κ1) is 14.9. The number of nitrogens with one attached hydrogen (secondary N) is 1. The van der Waals surface area contributed by atoms with E-state index in [4.69, 9.17) is 0 Å². The summed E-state index contributed by atoms with van der Waals surface area (Å²) in [5, 5.41) is 7.48. The zero-order chi connectivity index (χ0) is 16.4. The van der Waals surface area contributed by atoms with E-state index < -0.39 is 0 Å². The van der Waals surface area contributed by atoms with Gasteiger partial charge in [-0.3, -0.25) is 4.79 Å². The lowest BCUT2D eigenvalue weighted by Crippen LogP contribution is -2.05. The molecule has 1 aromatic carbocycles. The number of carbonyl (C=O) groups excluding carboxylic acids is 1. The fourth-order valence-corrected chi connectivity index (χ4v) is 2.30. The van der Waals surface area contributed by atoms with Gasteiger partial charge in [0, 0.05) is 11.8 Å². The van der Waals surface area contributed by atoms with Crippen LogP contribution in [0.15, 0.2) is 42.9 Å². The average molecular weight is 307 g/mol. The van der Waals surface area contributed by atoms with Crippen LogP contribution >= 0.6 is 0 Å². The molecule has 0 spiro atoms. The minimum atomic E-state index is -0.0131. The number of anilines is 2. The number of aromatic nitrogens is 4. The van der Waals surface area contributed by atoms with Crippen molar-refractivity contribution >= 4 is 17.3 Å². The van der Waals surface area contributed by atoms with E-state index in [-0.39, 0.29) is 5.78 Å². The molecular formula is C17H17N5O. The summed E-state index contributed by atoms with van der Waals surface area (Å²) >= 11 is 0. The lowest BCUT2D eigenvalue weighted by atomic mass is 10.2. The normalized spacial score (nSPS) is 10.6. The molecule has 6 nitrogen and oxygen atoms in total. The number of Topliss-reactive ketones (excluding diaryl/α,β-unsaturated/α-hetero) is 1. The molecule has 0 aliphatic rings. The van der Waals surface area contributed by atoms with E-state index in [1.165, 1.54) is 18.8 Å². The number of benzene rings is 1. The van der Waals surface area contributed by atoms with Crippen molar-refractivity contribution in [1.29, 1.82) is 0 Å². The van der Waals surface area contributed by atoms with Gasteiger partial charge in [-0.15, -0.1) is 0 Å². The number of nitrogens with zero attached hydrogens (tertiary/aromatic N) is 4. The molecule has 0 aliphatic carbocycles. The maximum atomic E-state index is 11.5. The van der Waals surface area contributed by atoms with Gasteiger partial charge in [-0.05, 0) is 32.9 Å². The maximum Gasteiger partial charge on any atom is 0.163 e. The van der Waals surface area contributed by atoms with Crippen molar-refractivity contribution in [2.24, 2.45) is 0 Å². The highest BCUT2D eigenvalue weighted by Crippen LogP contribution is 2.18. The molecule has 0 fully saturated rings. The number of rotatable bonds is 4. The Kier molecular flexibility index (Phi) is 3.89. The first-order valence-electron chi connectivity index (χ1n) is 7.26. The van der Waals surface area contributed by atoms with Gasteiger partial charge in [0.05, 0.1) is 17.5 Å². The van der Waals surface area contributed by atoms with Crippen molar-refractivity contribution in [2.45, 2.75) is 20.8 Å². The summed E-state index contributed by atoms with van der Waals surface area (Å²) in [5.74, 6) is 1.26. The Labute approximate surface area is 134 Å². The molecule has 0 unspecified atom stereocenters. The zero-order valence-electron chi connectivity index (χ0n) is 13.2. The van der Waals surface area contributed by atoms with Gasteiger partial charge in [0.1, 0.15) is 12.1 Å². The third-order valence-electron chi connectivity index (χ3n) is 3.58. The van der Waals surface area contributed by atoms with Crippen molar-refractivity contribution < 1.29 is 4.79 Å². The van der Waals surface area contributed by atoms with Gasteiger partial charge >= 0.3 is 0 Å². The summed E-state index contributed by atoms with van der Waals surface area (Å²) in [6.45, 7) is 5.41. The number of ketones is 1. The van der Waals surface area contributed by atoms with Crippen LogP contribution in [0.5, 0.6) is 0 Å². The summed E-state index contributed by atoms with van der Waals surface area (Å²) < 4.78 is 1.64. The zero-order valence-corrected chi connectivity index (χ0v) is 13.2. The second-order valence-electron chi connectivity index (χ2n) is 5.36. The Morgan fingerprint density at radius 1 is 1.13 bits per heavy atom. The standard InChI is InChI=1S/C17H17N5O/c1-11-4-6-14(7-5-11)21-16-8-17(19-10-18-16)22-12(2)15(9-20-22)13(3)23/h4-10H,1-3H3,(H,18,19,21). The first-order valence-corrected chi connectivity index (χ1v) is 7.26. The summed E-state index contributed by atoms with van der Waals surface area (Å²) in [6, 6.07) is 9.83. The highest BCUT2D eigenvalue weighted by atomic mass is 16.1. The quantitative estimate of drug-likeness (QED) is 0.749. The minimum Gasteiger partial charge on any atom is -0.340 e. The van der Waals surface area contributed by atoms with Crippen LogP contribution in [0, 0.1) is 13.8 Å². The molecule has 2 aromatic heterocycles. The fraction of sp³-hybridized carbons (Fsp3) is 0.176. The molecule has 0 radical (unpaired) electrons. The maximum absolute atomic E-state index is 11.5. The van der Waals surface area contributed by atoms with Gasteiger partial charge in [-0.2, -0.15) is 5.10 Å². The highest BCUT2D eigenvalue weighted by Gasteiger charge is 2.12. The highest BCUT2D eigenvalue weighted by molar-refractivity contribution is 5.95. The Morgan fingerprint density at radius 2 is 1.87 bits per heavy atom. The Morgan fingerprint density at radius 3 is 2.52 bits per heavy atom. The molecule has 116 valence electrons. The lowest BCUT2D eigenvalue weighted by molar-refractivity contribution is 0.101. The minimum absolute atomic E-state index is 0.0131. The molecule has 0 bridgehead atoms.